The Bertz CT molecular complexity index is 473. The van der Waals surface area contributed by atoms with Crippen LogP contribution in [-0.4, -0.2) is 9.78 Å². The monoisotopic (exact) mass is 179 g/mol. The molecule has 0 atom stereocenters. The molecule has 0 aliphatic heterocycles. The molecular weight excluding hydrogens is 169 g/mol. The van der Waals surface area contributed by atoms with Crippen LogP contribution in [-0.2, 0) is 7.05 Å². The van der Waals surface area contributed by atoms with Crippen molar-refractivity contribution < 1.29 is 4.39 Å². The number of nitrogen functional groups attached to an aromatic ring is 1. The van der Waals surface area contributed by atoms with Crippen molar-refractivity contribution in [2.24, 2.45) is 7.05 Å². The summed E-state index contributed by atoms with van der Waals surface area (Å²) in [6.07, 6.45) is 0. The zero-order chi connectivity index (χ0) is 9.59. The summed E-state index contributed by atoms with van der Waals surface area (Å²) in [6.45, 7) is 1.82. The van der Waals surface area contributed by atoms with Gasteiger partial charge in [0.2, 0.25) is 0 Å². The fraction of sp³-hybridized carbons (Fsp3) is 0.222. The molecule has 2 aromatic rings. The number of nitrogens with zero attached hydrogens (tertiary/aromatic N) is 2. The first-order chi connectivity index (χ1) is 6.11. The Morgan fingerprint density at radius 1 is 1.46 bits per heavy atom. The highest BCUT2D eigenvalue weighted by molar-refractivity contribution is 5.93. The van der Waals surface area contributed by atoms with Crippen LogP contribution in [0.2, 0.25) is 0 Å². The van der Waals surface area contributed by atoms with E-state index < -0.39 is 0 Å². The average molecular weight is 179 g/mol. The summed E-state index contributed by atoms with van der Waals surface area (Å²) < 4.78 is 14.8. The predicted molar refractivity (Wildman–Crippen MR) is 49.8 cm³/mol. The molecule has 0 saturated heterocycles. The molecule has 3 nitrogen and oxygen atoms in total. The first-order valence-electron chi connectivity index (χ1n) is 3.98. The number of rotatable bonds is 0. The molecule has 2 rings (SSSR count). The maximum absolute atomic E-state index is 13.1. The van der Waals surface area contributed by atoms with Gasteiger partial charge in [-0.3, -0.25) is 4.68 Å². The molecule has 0 spiro atoms. The SMILES string of the molecule is Cc1nn(C)c2ccc(F)c(N)c12. The average Bonchev–Trinajstić information content (AvgIpc) is 2.35. The molecule has 0 amide bonds. The maximum Gasteiger partial charge on any atom is 0.146 e. The number of benzene rings is 1. The summed E-state index contributed by atoms with van der Waals surface area (Å²) in [5, 5.41) is 4.87. The van der Waals surface area contributed by atoms with Crippen molar-refractivity contribution in [1.82, 2.24) is 9.78 Å². The summed E-state index contributed by atoms with van der Waals surface area (Å²) in [7, 11) is 1.81. The Kier molecular flexibility index (Phi) is 1.52. The van der Waals surface area contributed by atoms with Gasteiger partial charge < -0.3 is 5.73 Å². The van der Waals surface area contributed by atoms with Crippen LogP contribution < -0.4 is 5.73 Å². The van der Waals surface area contributed by atoms with Crippen LogP contribution in [0, 0.1) is 12.7 Å². The second kappa shape index (κ2) is 2.45. The number of fused-ring (bicyclic) bond motifs is 1. The summed E-state index contributed by atoms with van der Waals surface area (Å²) in [5.74, 6) is -0.386. The lowest BCUT2D eigenvalue weighted by atomic mass is 10.2. The van der Waals surface area contributed by atoms with Gasteiger partial charge in [0.1, 0.15) is 5.82 Å². The van der Waals surface area contributed by atoms with Crippen molar-refractivity contribution in [2.75, 3.05) is 5.73 Å². The van der Waals surface area contributed by atoms with Crippen molar-refractivity contribution in [1.29, 1.82) is 0 Å². The minimum atomic E-state index is -0.386. The van der Waals surface area contributed by atoms with E-state index in [-0.39, 0.29) is 11.5 Å². The van der Waals surface area contributed by atoms with Crippen LogP contribution >= 0.6 is 0 Å². The second-order valence-electron chi connectivity index (χ2n) is 3.06. The lowest BCUT2D eigenvalue weighted by Crippen LogP contribution is -1.92. The molecule has 0 saturated carbocycles. The van der Waals surface area contributed by atoms with E-state index in [4.69, 9.17) is 5.73 Å². The molecule has 68 valence electrons. The van der Waals surface area contributed by atoms with Crippen molar-refractivity contribution in [3.8, 4) is 0 Å². The smallest absolute Gasteiger partial charge is 0.146 e. The molecule has 1 aromatic carbocycles. The standard InChI is InChI=1S/C9H10FN3/c1-5-8-7(13(2)12-5)4-3-6(10)9(8)11/h3-4H,11H2,1-2H3. The van der Waals surface area contributed by atoms with E-state index in [0.717, 1.165) is 11.2 Å². The van der Waals surface area contributed by atoms with Crippen molar-refractivity contribution >= 4 is 16.6 Å². The summed E-state index contributed by atoms with van der Waals surface area (Å²) in [5.41, 5.74) is 7.40. The van der Waals surface area contributed by atoms with Crippen LogP contribution in [0.3, 0.4) is 0 Å². The number of nitrogens with two attached hydrogens (primary N) is 1. The number of aryl methyl sites for hydroxylation is 2. The number of anilines is 1. The van der Waals surface area contributed by atoms with Gasteiger partial charge in [0, 0.05) is 12.4 Å². The Labute approximate surface area is 75.0 Å². The van der Waals surface area contributed by atoms with Crippen LogP contribution in [0.4, 0.5) is 10.1 Å². The van der Waals surface area contributed by atoms with Gasteiger partial charge in [-0.05, 0) is 19.1 Å². The third-order valence-corrected chi connectivity index (χ3v) is 2.18. The van der Waals surface area contributed by atoms with Crippen molar-refractivity contribution in [2.45, 2.75) is 6.92 Å². The molecule has 0 aliphatic carbocycles. The van der Waals surface area contributed by atoms with Crippen molar-refractivity contribution in [3.05, 3.63) is 23.6 Å². The molecule has 0 unspecified atom stereocenters. The van der Waals surface area contributed by atoms with E-state index in [1.54, 1.807) is 10.7 Å². The van der Waals surface area contributed by atoms with Gasteiger partial charge in [-0.15, -0.1) is 0 Å². The lowest BCUT2D eigenvalue weighted by Gasteiger charge is -1.98. The summed E-state index contributed by atoms with van der Waals surface area (Å²) in [6, 6.07) is 3.04. The minimum Gasteiger partial charge on any atom is -0.396 e. The lowest BCUT2D eigenvalue weighted by molar-refractivity contribution is 0.634. The largest absolute Gasteiger partial charge is 0.396 e. The van der Waals surface area contributed by atoms with E-state index in [1.165, 1.54) is 6.07 Å². The first-order valence-corrected chi connectivity index (χ1v) is 3.98. The molecule has 0 bridgehead atoms. The van der Waals surface area contributed by atoms with Gasteiger partial charge in [-0.25, -0.2) is 4.39 Å². The molecule has 1 heterocycles. The molecule has 0 fully saturated rings. The van der Waals surface area contributed by atoms with Gasteiger partial charge >= 0.3 is 0 Å². The Hall–Kier alpha value is -1.58. The van der Waals surface area contributed by atoms with Gasteiger partial charge in [0.25, 0.3) is 0 Å². The molecule has 1 aromatic heterocycles. The van der Waals surface area contributed by atoms with Crippen LogP contribution in [0.5, 0.6) is 0 Å². The van der Waals surface area contributed by atoms with Gasteiger partial charge in [-0.2, -0.15) is 5.10 Å². The van der Waals surface area contributed by atoms with Gasteiger partial charge in [0.05, 0.1) is 16.9 Å². The number of halogens is 1. The van der Waals surface area contributed by atoms with Crippen LogP contribution in [0.25, 0.3) is 10.9 Å². The number of aromatic nitrogens is 2. The minimum absolute atomic E-state index is 0.183. The molecule has 0 aliphatic rings. The zero-order valence-electron chi connectivity index (χ0n) is 7.50. The highest BCUT2D eigenvalue weighted by atomic mass is 19.1. The Morgan fingerprint density at radius 2 is 2.15 bits per heavy atom. The van der Waals surface area contributed by atoms with Crippen molar-refractivity contribution in [3.63, 3.8) is 0 Å². The number of hydrogen-bond acceptors (Lipinski definition) is 2. The van der Waals surface area contributed by atoms with Gasteiger partial charge in [-0.1, -0.05) is 0 Å². The molecule has 4 heteroatoms. The molecule has 13 heavy (non-hydrogen) atoms. The fourth-order valence-electron chi connectivity index (χ4n) is 1.56. The quantitative estimate of drug-likeness (QED) is 0.624. The second-order valence-corrected chi connectivity index (χ2v) is 3.06. The van der Waals surface area contributed by atoms with Crippen LogP contribution in [0.1, 0.15) is 5.69 Å². The highest BCUT2D eigenvalue weighted by Gasteiger charge is 2.10. The van der Waals surface area contributed by atoms with E-state index >= 15 is 0 Å². The summed E-state index contributed by atoms with van der Waals surface area (Å²) >= 11 is 0. The predicted octanol–water partition coefficient (Wildman–Crippen LogP) is 1.60. The molecular formula is C9H10FN3. The fourth-order valence-corrected chi connectivity index (χ4v) is 1.56. The first kappa shape index (κ1) is 8.04. The van der Waals surface area contributed by atoms with E-state index in [0.29, 0.717) is 5.39 Å². The maximum atomic E-state index is 13.1. The highest BCUT2D eigenvalue weighted by Crippen LogP contribution is 2.25. The van der Waals surface area contributed by atoms with E-state index in [2.05, 4.69) is 5.10 Å². The topological polar surface area (TPSA) is 43.8 Å². The van der Waals surface area contributed by atoms with E-state index in [9.17, 15) is 4.39 Å². The van der Waals surface area contributed by atoms with E-state index in [1.807, 2.05) is 14.0 Å². The third-order valence-electron chi connectivity index (χ3n) is 2.18. The zero-order valence-corrected chi connectivity index (χ0v) is 7.50. The normalized spacial score (nSPS) is 11.0. The Morgan fingerprint density at radius 3 is 2.85 bits per heavy atom. The summed E-state index contributed by atoms with van der Waals surface area (Å²) in [4.78, 5) is 0. The third kappa shape index (κ3) is 0.983. The van der Waals surface area contributed by atoms with Gasteiger partial charge in [0.15, 0.2) is 0 Å². The Balaban J connectivity index is 2.98. The molecule has 0 radical (unpaired) electrons. The number of hydrogen-bond donors (Lipinski definition) is 1. The van der Waals surface area contributed by atoms with Crippen LogP contribution in [0.15, 0.2) is 12.1 Å². The molecule has 2 N–H and O–H groups in total.